The average molecular weight is 356 g/mol. The minimum absolute atomic E-state index is 0.00581. The summed E-state index contributed by atoms with van der Waals surface area (Å²) in [7, 11) is 0. The van der Waals surface area contributed by atoms with Crippen LogP contribution in [-0.2, 0) is 11.3 Å². The summed E-state index contributed by atoms with van der Waals surface area (Å²) in [5.41, 5.74) is 1.35. The summed E-state index contributed by atoms with van der Waals surface area (Å²) in [5.74, 6) is -0.579. The van der Waals surface area contributed by atoms with Crippen molar-refractivity contribution in [2.75, 3.05) is 6.61 Å². The second-order valence-corrected chi connectivity index (χ2v) is 5.67. The third-order valence-corrected chi connectivity index (χ3v) is 3.81. The van der Waals surface area contributed by atoms with Gasteiger partial charge in [-0.15, -0.1) is 0 Å². The number of benzene rings is 2. The number of phenolic OH excluding ortho intramolecular Hbond substituents is 1. The number of rotatable bonds is 5. The van der Waals surface area contributed by atoms with Gasteiger partial charge in [0.15, 0.2) is 11.5 Å². The molecule has 0 saturated carbocycles. The van der Waals surface area contributed by atoms with E-state index in [1.54, 1.807) is 19.1 Å². The Hall–Kier alpha value is -3.35. The minimum Gasteiger partial charge on any atom is -0.504 e. The van der Waals surface area contributed by atoms with E-state index < -0.39 is 11.9 Å². The summed E-state index contributed by atoms with van der Waals surface area (Å²) >= 11 is 0. The number of halogens is 1. The molecular formula is C19H17FN2O4. The van der Waals surface area contributed by atoms with Crippen LogP contribution in [0.2, 0.25) is 0 Å². The van der Waals surface area contributed by atoms with E-state index in [0.29, 0.717) is 23.5 Å². The molecule has 1 saturated heterocycles. The third-order valence-electron chi connectivity index (χ3n) is 3.81. The molecule has 1 heterocycles. The summed E-state index contributed by atoms with van der Waals surface area (Å²) in [6.07, 6.45) is 1.51. The fraction of sp³-hybridized carbons (Fsp3) is 0.158. The molecule has 0 radical (unpaired) electrons. The molecule has 0 atom stereocenters. The van der Waals surface area contributed by atoms with Crippen molar-refractivity contribution >= 4 is 18.0 Å². The van der Waals surface area contributed by atoms with Gasteiger partial charge in [-0.25, -0.2) is 9.18 Å². The molecule has 7 heteroatoms. The number of aromatic hydroxyl groups is 1. The number of ether oxygens (including phenoxy) is 1. The zero-order chi connectivity index (χ0) is 18.7. The van der Waals surface area contributed by atoms with E-state index in [0.717, 1.165) is 4.90 Å². The molecule has 1 fully saturated rings. The van der Waals surface area contributed by atoms with Gasteiger partial charge in [0.05, 0.1) is 13.2 Å². The highest BCUT2D eigenvalue weighted by atomic mass is 19.1. The summed E-state index contributed by atoms with van der Waals surface area (Å²) in [6, 6.07) is 9.68. The van der Waals surface area contributed by atoms with E-state index in [4.69, 9.17) is 4.74 Å². The molecule has 2 aromatic carbocycles. The lowest BCUT2D eigenvalue weighted by Crippen LogP contribution is -2.30. The van der Waals surface area contributed by atoms with Crippen LogP contribution >= 0.6 is 0 Å². The topological polar surface area (TPSA) is 78.9 Å². The lowest BCUT2D eigenvalue weighted by molar-refractivity contribution is -0.123. The van der Waals surface area contributed by atoms with Crippen molar-refractivity contribution in [3.63, 3.8) is 0 Å². The lowest BCUT2D eigenvalue weighted by atomic mass is 10.1. The number of carbonyl (C=O) groups excluding carboxylic acids is 2. The maximum atomic E-state index is 13.0. The maximum absolute atomic E-state index is 13.0. The van der Waals surface area contributed by atoms with Gasteiger partial charge in [0, 0.05) is 0 Å². The van der Waals surface area contributed by atoms with E-state index in [-0.39, 0.29) is 23.8 Å². The first-order chi connectivity index (χ1) is 12.5. The highest BCUT2D eigenvalue weighted by molar-refractivity contribution is 6.13. The Balaban J connectivity index is 1.80. The van der Waals surface area contributed by atoms with Crippen LogP contribution in [0, 0.1) is 5.82 Å². The van der Waals surface area contributed by atoms with Crippen molar-refractivity contribution in [3.8, 4) is 11.5 Å². The van der Waals surface area contributed by atoms with Gasteiger partial charge < -0.3 is 15.2 Å². The number of hydrogen-bond donors (Lipinski definition) is 2. The molecule has 2 N–H and O–H groups in total. The zero-order valence-electron chi connectivity index (χ0n) is 14.0. The van der Waals surface area contributed by atoms with Crippen molar-refractivity contribution in [1.82, 2.24) is 10.2 Å². The van der Waals surface area contributed by atoms with Gasteiger partial charge in [-0.1, -0.05) is 18.2 Å². The van der Waals surface area contributed by atoms with Gasteiger partial charge in [-0.3, -0.25) is 9.69 Å². The Morgan fingerprint density at radius 2 is 1.92 bits per heavy atom. The molecule has 0 spiro atoms. The molecule has 26 heavy (non-hydrogen) atoms. The standard InChI is InChI=1S/C19H17FN2O4/c1-2-26-17-10-13(5-8-16(17)23)9-15-18(24)22(19(25)21-15)11-12-3-6-14(20)7-4-12/h3-10,23H,2,11H2,1H3,(H,21,25)/b15-9-. The van der Waals surface area contributed by atoms with E-state index in [9.17, 15) is 19.1 Å². The van der Waals surface area contributed by atoms with Crippen molar-refractivity contribution < 1.29 is 23.8 Å². The minimum atomic E-state index is -0.547. The molecule has 0 bridgehead atoms. The van der Waals surface area contributed by atoms with Crippen molar-refractivity contribution in [1.29, 1.82) is 0 Å². The Kier molecular flexibility index (Phi) is 4.88. The molecule has 134 valence electrons. The first-order valence-electron chi connectivity index (χ1n) is 8.02. The molecular weight excluding hydrogens is 339 g/mol. The zero-order valence-corrected chi connectivity index (χ0v) is 14.0. The number of nitrogens with one attached hydrogen (secondary N) is 1. The van der Waals surface area contributed by atoms with Crippen LogP contribution in [0.1, 0.15) is 18.1 Å². The quantitative estimate of drug-likeness (QED) is 0.638. The average Bonchev–Trinajstić information content (AvgIpc) is 2.87. The molecule has 1 aliphatic rings. The highest BCUT2D eigenvalue weighted by Gasteiger charge is 2.33. The van der Waals surface area contributed by atoms with Crippen molar-refractivity contribution in [2.24, 2.45) is 0 Å². The summed E-state index contributed by atoms with van der Waals surface area (Å²) in [5, 5.41) is 12.3. The van der Waals surface area contributed by atoms with Crippen LogP contribution in [0.3, 0.4) is 0 Å². The van der Waals surface area contributed by atoms with Gasteiger partial charge in [-0.05, 0) is 48.4 Å². The normalized spacial score (nSPS) is 15.5. The molecule has 6 nitrogen and oxygen atoms in total. The summed E-state index contributed by atoms with van der Waals surface area (Å²) in [6.45, 7) is 2.22. The second kappa shape index (κ2) is 7.26. The largest absolute Gasteiger partial charge is 0.504 e. The van der Waals surface area contributed by atoms with Gasteiger partial charge in [0.2, 0.25) is 0 Å². The fourth-order valence-corrected chi connectivity index (χ4v) is 2.55. The molecule has 3 amide bonds. The van der Waals surface area contributed by atoms with Crippen LogP contribution in [0.15, 0.2) is 48.2 Å². The van der Waals surface area contributed by atoms with Crippen LogP contribution in [0.25, 0.3) is 6.08 Å². The van der Waals surface area contributed by atoms with E-state index in [2.05, 4.69) is 5.32 Å². The first kappa shape index (κ1) is 17.5. The Morgan fingerprint density at radius 3 is 2.62 bits per heavy atom. The van der Waals surface area contributed by atoms with Gasteiger partial charge in [0.1, 0.15) is 11.5 Å². The summed E-state index contributed by atoms with van der Waals surface area (Å²) < 4.78 is 18.3. The van der Waals surface area contributed by atoms with Gasteiger partial charge >= 0.3 is 6.03 Å². The Morgan fingerprint density at radius 1 is 1.19 bits per heavy atom. The maximum Gasteiger partial charge on any atom is 0.329 e. The predicted octanol–water partition coefficient (Wildman–Crippen LogP) is 3.02. The molecule has 0 aliphatic carbocycles. The number of amides is 3. The van der Waals surface area contributed by atoms with Crippen LogP contribution in [-0.4, -0.2) is 28.6 Å². The smallest absolute Gasteiger partial charge is 0.329 e. The second-order valence-electron chi connectivity index (χ2n) is 5.67. The number of imide groups is 1. The van der Waals surface area contributed by atoms with Crippen LogP contribution < -0.4 is 10.1 Å². The lowest BCUT2D eigenvalue weighted by Gasteiger charge is -2.11. The summed E-state index contributed by atoms with van der Waals surface area (Å²) in [4.78, 5) is 25.6. The van der Waals surface area contributed by atoms with Crippen LogP contribution in [0.5, 0.6) is 11.5 Å². The van der Waals surface area contributed by atoms with E-state index in [1.165, 1.54) is 36.4 Å². The monoisotopic (exact) mass is 356 g/mol. The molecule has 0 unspecified atom stereocenters. The molecule has 0 aromatic heterocycles. The fourth-order valence-electron chi connectivity index (χ4n) is 2.55. The molecule has 3 rings (SSSR count). The Labute approximate surface area is 149 Å². The van der Waals surface area contributed by atoms with Crippen LogP contribution in [0.4, 0.5) is 9.18 Å². The number of phenols is 1. The van der Waals surface area contributed by atoms with Crippen molar-refractivity contribution in [2.45, 2.75) is 13.5 Å². The third kappa shape index (κ3) is 3.66. The van der Waals surface area contributed by atoms with E-state index in [1.807, 2.05) is 0 Å². The van der Waals surface area contributed by atoms with E-state index >= 15 is 0 Å². The van der Waals surface area contributed by atoms with Gasteiger partial charge in [0.25, 0.3) is 5.91 Å². The molecule has 2 aromatic rings. The number of carbonyl (C=O) groups is 2. The van der Waals surface area contributed by atoms with Gasteiger partial charge in [-0.2, -0.15) is 0 Å². The highest BCUT2D eigenvalue weighted by Crippen LogP contribution is 2.28. The number of nitrogens with zero attached hydrogens (tertiary/aromatic N) is 1. The predicted molar refractivity (Wildman–Crippen MR) is 92.7 cm³/mol. The SMILES string of the molecule is CCOc1cc(/C=C2\NC(=O)N(Cc3ccc(F)cc3)C2=O)ccc1O. The van der Waals surface area contributed by atoms with Crippen molar-refractivity contribution in [3.05, 3.63) is 65.1 Å². The molecule has 1 aliphatic heterocycles. The number of urea groups is 1. The Bertz CT molecular complexity index is 878. The first-order valence-corrected chi connectivity index (χ1v) is 8.02. The number of hydrogen-bond acceptors (Lipinski definition) is 4.